The molecule has 36 heavy (non-hydrogen) atoms. The maximum Gasteiger partial charge on any atom is 0.228 e. The Morgan fingerprint density at radius 2 is 1.50 bits per heavy atom. The first-order valence-electron chi connectivity index (χ1n) is 12.1. The fourth-order valence-corrected chi connectivity index (χ4v) is 4.69. The van der Waals surface area contributed by atoms with Crippen LogP contribution in [0.2, 0.25) is 10.0 Å². The van der Waals surface area contributed by atoms with Gasteiger partial charge in [-0.1, -0.05) is 47.5 Å². The van der Waals surface area contributed by atoms with E-state index in [0.29, 0.717) is 45.9 Å². The van der Waals surface area contributed by atoms with E-state index in [9.17, 15) is 4.79 Å². The fraction of sp³-hybridized carbons (Fsp3) is 0.345. The molecule has 0 saturated heterocycles. The lowest BCUT2D eigenvalue weighted by molar-refractivity contribution is -0.115. The average molecular weight is 530 g/mol. The quantitative estimate of drug-likeness (QED) is 0.282. The van der Waals surface area contributed by atoms with Gasteiger partial charge in [-0.15, -0.1) is 0 Å². The first-order valence-corrected chi connectivity index (χ1v) is 12.8. The normalized spacial score (nSPS) is 11.3. The third-order valence-electron chi connectivity index (χ3n) is 5.90. The summed E-state index contributed by atoms with van der Waals surface area (Å²) < 4.78 is 11.5. The van der Waals surface area contributed by atoms with Gasteiger partial charge in [-0.2, -0.15) is 0 Å². The van der Waals surface area contributed by atoms with Crippen molar-refractivity contribution in [1.29, 1.82) is 0 Å². The summed E-state index contributed by atoms with van der Waals surface area (Å²) in [6.07, 6.45) is 0.247. The van der Waals surface area contributed by atoms with Crippen molar-refractivity contribution in [2.75, 3.05) is 25.6 Å². The van der Waals surface area contributed by atoms with Gasteiger partial charge < -0.3 is 14.8 Å². The third-order valence-corrected chi connectivity index (χ3v) is 6.33. The van der Waals surface area contributed by atoms with Gasteiger partial charge in [0.1, 0.15) is 6.61 Å². The minimum Gasteiger partial charge on any atom is -0.493 e. The fourth-order valence-electron chi connectivity index (χ4n) is 4.17. The lowest BCUT2D eigenvalue weighted by Crippen LogP contribution is -2.39. The number of hydrogen-bond acceptors (Lipinski definition) is 4. The monoisotopic (exact) mass is 528 g/mol. The van der Waals surface area contributed by atoms with E-state index < -0.39 is 0 Å². The SMILES string of the molecule is COc1ccc(NC(=O)Cc2ccc(-c3cc(Cl)cc(Cl)c3)cc2)cc1OCCN(C(C)C)C(C)C. The Balaban J connectivity index is 1.62. The molecule has 0 aliphatic rings. The van der Waals surface area contributed by atoms with Crippen molar-refractivity contribution in [3.63, 3.8) is 0 Å². The van der Waals surface area contributed by atoms with Crippen molar-refractivity contribution in [3.05, 3.63) is 76.3 Å². The van der Waals surface area contributed by atoms with Gasteiger partial charge in [0, 0.05) is 40.4 Å². The number of nitrogens with one attached hydrogen (secondary N) is 1. The molecule has 5 nitrogen and oxygen atoms in total. The molecule has 0 atom stereocenters. The van der Waals surface area contributed by atoms with Gasteiger partial charge in [0.05, 0.1) is 13.5 Å². The van der Waals surface area contributed by atoms with E-state index in [1.54, 1.807) is 25.3 Å². The molecule has 0 aromatic heterocycles. The number of halogens is 2. The van der Waals surface area contributed by atoms with E-state index in [1.807, 2.05) is 42.5 Å². The van der Waals surface area contributed by atoms with E-state index in [1.165, 1.54) is 0 Å². The number of methoxy groups -OCH3 is 1. The summed E-state index contributed by atoms with van der Waals surface area (Å²) in [5, 5.41) is 4.13. The van der Waals surface area contributed by atoms with Gasteiger partial charge in [-0.25, -0.2) is 0 Å². The van der Waals surface area contributed by atoms with Crippen LogP contribution in [0.15, 0.2) is 60.7 Å². The molecule has 3 aromatic rings. The number of hydrogen-bond donors (Lipinski definition) is 1. The van der Waals surface area contributed by atoms with Crippen LogP contribution < -0.4 is 14.8 Å². The summed E-state index contributed by atoms with van der Waals surface area (Å²) in [7, 11) is 1.61. The van der Waals surface area contributed by atoms with Crippen LogP contribution in [0, 0.1) is 0 Å². The molecule has 0 fully saturated rings. The van der Waals surface area contributed by atoms with Crippen LogP contribution in [0.25, 0.3) is 11.1 Å². The van der Waals surface area contributed by atoms with E-state index in [4.69, 9.17) is 32.7 Å². The van der Waals surface area contributed by atoms with Gasteiger partial charge in [0.15, 0.2) is 11.5 Å². The number of amides is 1. The second kappa shape index (κ2) is 13.0. The number of carbonyl (C=O) groups is 1. The molecule has 0 heterocycles. The summed E-state index contributed by atoms with van der Waals surface area (Å²) in [6, 6.07) is 19.5. The Morgan fingerprint density at radius 3 is 2.08 bits per heavy atom. The molecular formula is C29H34Cl2N2O3. The zero-order valence-corrected chi connectivity index (χ0v) is 23.0. The van der Waals surface area contributed by atoms with Crippen LogP contribution >= 0.6 is 23.2 Å². The molecule has 3 rings (SSSR count). The molecule has 0 unspecified atom stereocenters. The molecule has 0 aliphatic heterocycles. The molecule has 3 aromatic carbocycles. The van der Waals surface area contributed by atoms with E-state index in [0.717, 1.165) is 23.2 Å². The van der Waals surface area contributed by atoms with Crippen molar-refractivity contribution in [2.45, 2.75) is 46.2 Å². The zero-order valence-electron chi connectivity index (χ0n) is 21.5. The average Bonchev–Trinajstić information content (AvgIpc) is 2.81. The summed E-state index contributed by atoms with van der Waals surface area (Å²) >= 11 is 12.2. The predicted octanol–water partition coefficient (Wildman–Crippen LogP) is 7.35. The summed E-state index contributed by atoms with van der Waals surface area (Å²) in [6.45, 7) is 10.0. The predicted molar refractivity (Wildman–Crippen MR) is 150 cm³/mol. The second-order valence-electron chi connectivity index (χ2n) is 9.22. The Morgan fingerprint density at radius 1 is 0.861 bits per heavy atom. The highest BCUT2D eigenvalue weighted by Crippen LogP contribution is 2.31. The van der Waals surface area contributed by atoms with E-state index >= 15 is 0 Å². The number of nitrogens with zero attached hydrogens (tertiary/aromatic N) is 1. The highest BCUT2D eigenvalue weighted by molar-refractivity contribution is 6.35. The topological polar surface area (TPSA) is 50.8 Å². The highest BCUT2D eigenvalue weighted by atomic mass is 35.5. The lowest BCUT2D eigenvalue weighted by Gasteiger charge is -2.30. The van der Waals surface area contributed by atoms with E-state index in [2.05, 4.69) is 37.9 Å². The summed E-state index contributed by atoms with van der Waals surface area (Å²) in [5.41, 5.74) is 3.47. The van der Waals surface area contributed by atoms with Crippen LogP contribution in [0.3, 0.4) is 0 Å². The first-order chi connectivity index (χ1) is 17.2. The van der Waals surface area contributed by atoms with Crippen molar-refractivity contribution in [3.8, 4) is 22.6 Å². The van der Waals surface area contributed by atoms with Gasteiger partial charge >= 0.3 is 0 Å². The third kappa shape index (κ3) is 7.89. The van der Waals surface area contributed by atoms with Gasteiger partial charge in [-0.3, -0.25) is 9.69 Å². The maximum atomic E-state index is 12.7. The molecule has 1 N–H and O–H groups in total. The smallest absolute Gasteiger partial charge is 0.228 e. The maximum absolute atomic E-state index is 12.7. The molecule has 0 spiro atoms. The zero-order chi connectivity index (χ0) is 26.2. The number of ether oxygens (including phenoxy) is 2. The number of carbonyl (C=O) groups excluding carboxylic acids is 1. The van der Waals surface area contributed by atoms with Crippen LogP contribution in [-0.4, -0.2) is 43.2 Å². The van der Waals surface area contributed by atoms with E-state index in [-0.39, 0.29) is 12.3 Å². The Kier molecular flexibility index (Phi) is 10.1. The standard InChI is InChI=1S/C29H34Cl2N2O3/c1-19(2)33(20(3)4)12-13-36-28-18-26(10-11-27(28)35-5)32-29(34)14-21-6-8-22(9-7-21)23-15-24(30)17-25(31)16-23/h6-11,15-20H,12-14H2,1-5H3,(H,32,34). The molecule has 0 saturated carbocycles. The van der Waals surface area contributed by atoms with Gasteiger partial charge in [0.25, 0.3) is 0 Å². The molecule has 1 amide bonds. The molecule has 0 radical (unpaired) electrons. The minimum atomic E-state index is -0.115. The molecule has 0 aliphatic carbocycles. The van der Waals surface area contributed by atoms with Crippen molar-refractivity contribution in [2.24, 2.45) is 0 Å². The first kappa shape index (κ1) is 27.9. The molecular weight excluding hydrogens is 495 g/mol. The van der Waals surface area contributed by atoms with Crippen LogP contribution in [0.5, 0.6) is 11.5 Å². The minimum absolute atomic E-state index is 0.115. The molecule has 0 bridgehead atoms. The van der Waals surface area contributed by atoms with Crippen molar-refractivity contribution < 1.29 is 14.3 Å². The number of anilines is 1. The lowest BCUT2D eigenvalue weighted by atomic mass is 10.0. The number of rotatable bonds is 11. The largest absolute Gasteiger partial charge is 0.493 e. The van der Waals surface area contributed by atoms with Crippen LogP contribution in [-0.2, 0) is 11.2 Å². The summed E-state index contributed by atoms with van der Waals surface area (Å²) in [4.78, 5) is 15.1. The second-order valence-corrected chi connectivity index (χ2v) is 10.1. The molecule has 192 valence electrons. The van der Waals surface area contributed by atoms with Gasteiger partial charge in [-0.05, 0) is 74.7 Å². The van der Waals surface area contributed by atoms with Crippen LogP contribution in [0.4, 0.5) is 5.69 Å². The summed E-state index contributed by atoms with van der Waals surface area (Å²) in [5.74, 6) is 1.12. The number of benzene rings is 3. The van der Waals surface area contributed by atoms with Crippen molar-refractivity contribution in [1.82, 2.24) is 4.90 Å². The Hall–Kier alpha value is -2.73. The highest BCUT2D eigenvalue weighted by Gasteiger charge is 2.14. The Bertz CT molecular complexity index is 1140. The molecule has 7 heteroatoms. The van der Waals surface area contributed by atoms with Gasteiger partial charge in [0.2, 0.25) is 5.91 Å². The Labute approximate surface area is 224 Å². The van der Waals surface area contributed by atoms with Crippen molar-refractivity contribution >= 4 is 34.8 Å². The van der Waals surface area contributed by atoms with Crippen LogP contribution in [0.1, 0.15) is 33.3 Å².